The van der Waals surface area contributed by atoms with Gasteiger partial charge >= 0.3 is 0 Å². The number of aromatic nitrogens is 2. The molecular weight excluding hydrogens is 292 g/mol. The maximum absolute atomic E-state index is 11.9. The summed E-state index contributed by atoms with van der Waals surface area (Å²) in [4.78, 5) is 20.5. The summed E-state index contributed by atoms with van der Waals surface area (Å²) >= 11 is 0. The Balaban J connectivity index is 2.07. The zero-order valence-electron chi connectivity index (χ0n) is 13.5. The molecule has 0 saturated carbocycles. The number of carbonyl (C=O) groups excluding carboxylic acids is 1. The van der Waals surface area contributed by atoms with E-state index in [0.29, 0.717) is 0 Å². The van der Waals surface area contributed by atoms with Crippen LogP contribution in [-0.4, -0.2) is 33.1 Å². The summed E-state index contributed by atoms with van der Waals surface area (Å²) in [5.74, 6) is -0.402. The van der Waals surface area contributed by atoms with Gasteiger partial charge in [0.15, 0.2) is 0 Å². The second-order valence-corrected chi connectivity index (χ2v) is 5.66. The van der Waals surface area contributed by atoms with Crippen molar-refractivity contribution >= 4 is 5.91 Å². The van der Waals surface area contributed by atoms with Crippen LogP contribution in [0.25, 0.3) is 11.1 Å². The van der Waals surface area contributed by atoms with Crippen LogP contribution >= 0.6 is 0 Å². The first-order chi connectivity index (χ1) is 10.9. The monoisotopic (exact) mass is 314 g/mol. The molecule has 4 N–H and O–H groups in total. The predicted molar refractivity (Wildman–Crippen MR) is 88.4 cm³/mol. The Morgan fingerprint density at radius 3 is 2.22 bits per heavy atom. The summed E-state index contributed by atoms with van der Waals surface area (Å²) in [5, 5.41) is 12.1. The highest BCUT2D eigenvalue weighted by atomic mass is 16.3. The Morgan fingerprint density at radius 2 is 1.74 bits per heavy atom. The fraction of sp³-hybridized carbons (Fsp3) is 0.353. The molecular formula is C17H22N4O2. The second kappa shape index (κ2) is 7.30. The lowest BCUT2D eigenvalue weighted by atomic mass is 10.1. The summed E-state index contributed by atoms with van der Waals surface area (Å²) in [6, 6.07) is 6.49. The fourth-order valence-corrected chi connectivity index (χ4v) is 2.07. The number of nitrogens with two attached hydrogens (primary N) is 1. The Kier molecular flexibility index (Phi) is 5.41. The van der Waals surface area contributed by atoms with Gasteiger partial charge in [-0.25, -0.2) is 0 Å². The number of aliphatic hydroxyl groups excluding tert-OH is 1. The van der Waals surface area contributed by atoms with Crippen molar-refractivity contribution in [2.24, 2.45) is 5.73 Å². The number of carbonyl (C=O) groups is 1. The molecule has 0 spiro atoms. The van der Waals surface area contributed by atoms with E-state index >= 15 is 0 Å². The number of amides is 1. The first kappa shape index (κ1) is 17.1. The van der Waals surface area contributed by atoms with E-state index in [2.05, 4.69) is 15.3 Å². The van der Waals surface area contributed by atoms with Crippen molar-refractivity contribution < 1.29 is 9.90 Å². The Bertz CT molecular complexity index is 653. The molecule has 6 nitrogen and oxygen atoms in total. The SMILES string of the molecule is Cc1ccc(-c2ccc(C(C)NC(=O)C(N)C(C)O)nc2)cn1. The lowest BCUT2D eigenvalue weighted by Crippen LogP contribution is -2.47. The summed E-state index contributed by atoms with van der Waals surface area (Å²) < 4.78 is 0. The van der Waals surface area contributed by atoms with E-state index in [1.165, 1.54) is 6.92 Å². The average molecular weight is 314 g/mol. The van der Waals surface area contributed by atoms with Crippen molar-refractivity contribution in [2.45, 2.75) is 39.0 Å². The van der Waals surface area contributed by atoms with Crippen LogP contribution < -0.4 is 11.1 Å². The second-order valence-electron chi connectivity index (χ2n) is 5.66. The number of aryl methyl sites for hydroxylation is 1. The Morgan fingerprint density at radius 1 is 1.13 bits per heavy atom. The van der Waals surface area contributed by atoms with Crippen LogP contribution in [0.4, 0.5) is 0 Å². The van der Waals surface area contributed by atoms with Gasteiger partial charge in [0.1, 0.15) is 6.04 Å². The first-order valence-electron chi connectivity index (χ1n) is 7.51. The average Bonchev–Trinajstić information content (AvgIpc) is 2.54. The lowest BCUT2D eigenvalue weighted by Gasteiger charge is -2.19. The minimum absolute atomic E-state index is 0.294. The number of pyridine rings is 2. The lowest BCUT2D eigenvalue weighted by molar-refractivity contribution is -0.125. The van der Waals surface area contributed by atoms with Crippen LogP contribution in [-0.2, 0) is 4.79 Å². The smallest absolute Gasteiger partial charge is 0.240 e. The largest absolute Gasteiger partial charge is 0.391 e. The molecule has 3 atom stereocenters. The van der Waals surface area contributed by atoms with Gasteiger partial charge in [-0.05, 0) is 32.9 Å². The fourth-order valence-electron chi connectivity index (χ4n) is 2.07. The van der Waals surface area contributed by atoms with Crippen molar-refractivity contribution in [1.29, 1.82) is 0 Å². The molecule has 23 heavy (non-hydrogen) atoms. The topological polar surface area (TPSA) is 101 Å². The highest BCUT2D eigenvalue weighted by molar-refractivity contribution is 5.82. The van der Waals surface area contributed by atoms with Crippen molar-refractivity contribution in [1.82, 2.24) is 15.3 Å². The summed E-state index contributed by atoms with van der Waals surface area (Å²) in [7, 11) is 0. The zero-order chi connectivity index (χ0) is 17.0. The van der Waals surface area contributed by atoms with Gasteiger partial charge in [0.2, 0.25) is 5.91 Å². The minimum Gasteiger partial charge on any atom is -0.391 e. The Hall–Kier alpha value is -2.31. The van der Waals surface area contributed by atoms with Gasteiger partial charge in [-0.15, -0.1) is 0 Å². The molecule has 0 bridgehead atoms. The molecule has 0 radical (unpaired) electrons. The van der Waals surface area contributed by atoms with E-state index in [9.17, 15) is 9.90 Å². The van der Waals surface area contributed by atoms with Gasteiger partial charge in [0.25, 0.3) is 0 Å². The minimum atomic E-state index is -0.949. The van der Waals surface area contributed by atoms with E-state index in [4.69, 9.17) is 5.73 Å². The molecule has 0 aliphatic rings. The summed E-state index contributed by atoms with van der Waals surface area (Å²) in [5.41, 5.74) is 9.24. The number of aliphatic hydroxyl groups is 1. The van der Waals surface area contributed by atoms with Crippen molar-refractivity contribution in [3.8, 4) is 11.1 Å². The van der Waals surface area contributed by atoms with Crippen molar-refractivity contribution in [3.63, 3.8) is 0 Å². The van der Waals surface area contributed by atoms with E-state index < -0.39 is 18.1 Å². The third-order valence-electron chi connectivity index (χ3n) is 3.66. The molecule has 2 rings (SSSR count). The molecule has 2 heterocycles. The van der Waals surface area contributed by atoms with Crippen LogP contribution in [0.2, 0.25) is 0 Å². The van der Waals surface area contributed by atoms with Gasteiger partial charge in [-0.2, -0.15) is 0 Å². The molecule has 6 heteroatoms. The van der Waals surface area contributed by atoms with Gasteiger partial charge < -0.3 is 16.2 Å². The van der Waals surface area contributed by atoms with Crippen LogP contribution in [0.5, 0.6) is 0 Å². The number of hydrogen-bond donors (Lipinski definition) is 3. The molecule has 2 aromatic rings. The molecule has 3 unspecified atom stereocenters. The molecule has 1 amide bonds. The summed E-state index contributed by atoms with van der Waals surface area (Å²) in [6.07, 6.45) is 2.66. The number of nitrogens with one attached hydrogen (secondary N) is 1. The molecule has 0 aliphatic heterocycles. The van der Waals surface area contributed by atoms with E-state index in [1.54, 1.807) is 12.4 Å². The van der Waals surface area contributed by atoms with Crippen LogP contribution in [0, 0.1) is 6.92 Å². The van der Waals surface area contributed by atoms with Gasteiger partial charge in [0.05, 0.1) is 17.8 Å². The maximum atomic E-state index is 11.9. The normalized spacial score (nSPS) is 14.8. The first-order valence-corrected chi connectivity index (χ1v) is 7.51. The van der Waals surface area contributed by atoms with Crippen molar-refractivity contribution in [3.05, 3.63) is 48.0 Å². The van der Waals surface area contributed by atoms with Gasteiger partial charge in [-0.3, -0.25) is 14.8 Å². The number of hydrogen-bond acceptors (Lipinski definition) is 5. The number of nitrogens with zero attached hydrogens (tertiary/aromatic N) is 2. The van der Waals surface area contributed by atoms with E-state index in [-0.39, 0.29) is 6.04 Å². The zero-order valence-corrected chi connectivity index (χ0v) is 13.5. The summed E-state index contributed by atoms with van der Waals surface area (Å²) in [6.45, 7) is 5.24. The molecule has 0 aromatic carbocycles. The molecule has 2 aromatic heterocycles. The maximum Gasteiger partial charge on any atom is 0.240 e. The van der Waals surface area contributed by atoms with Crippen LogP contribution in [0.3, 0.4) is 0 Å². The molecule has 0 fully saturated rings. The third-order valence-corrected chi connectivity index (χ3v) is 3.66. The molecule has 0 saturated heterocycles. The molecule has 0 aliphatic carbocycles. The number of rotatable bonds is 5. The highest BCUT2D eigenvalue weighted by Gasteiger charge is 2.21. The molecule has 122 valence electrons. The highest BCUT2D eigenvalue weighted by Crippen LogP contribution is 2.19. The standard InChI is InChI=1S/C17H22N4O2/c1-10-4-5-13(8-19-10)14-6-7-15(20-9-14)11(2)21-17(23)16(18)12(3)22/h4-9,11-12,16,22H,18H2,1-3H3,(H,21,23). The quantitative estimate of drug-likeness (QED) is 0.773. The van der Waals surface area contributed by atoms with Gasteiger partial charge in [0, 0.05) is 29.2 Å². The Labute approximate surface area is 135 Å². The van der Waals surface area contributed by atoms with E-state index in [1.807, 2.05) is 38.1 Å². The van der Waals surface area contributed by atoms with Crippen molar-refractivity contribution in [2.75, 3.05) is 0 Å². The van der Waals surface area contributed by atoms with Gasteiger partial charge in [-0.1, -0.05) is 12.1 Å². The predicted octanol–water partition coefficient (Wildman–Crippen LogP) is 1.34. The third kappa shape index (κ3) is 4.34. The van der Waals surface area contributed by atoms with E-state index in [0.717, 1.165) is 22.5 Å². The van der Waals surface area contributed by atoms with Crippen LogP contribution in [0.15, 0.2) is 36.7 Å². The van der Waals surface area contributed by atoms with Crippen LogP contribution in [0.1, 0.15) is 31.3 Å².